The van der Waals surface area contributed by atoms with E-state index in [9.17, 15) is 0 Å². The second kappa shape index (κ2) is 3.02. The van der Waals surface area contributed by atoms with Gasteiger partial charge in [-0.05, 0) is 11.6 Å². The molecule has 0 aromatic rings. The molecule has 12 heavy (non-hydrogen) atoms. The molecular weight excluding hydrogens is 148 g/mol. The van der Waals surface area contributed by atoms with Crippen molar-refractivity contribution in [3.8, 4) is 0 Å². The summed E-state index contributed by atoms with van der Waals surface area (Å²) < 4.78 is 5.20. The average Bonchev–Trinajstić information content (AvgIpc) is 2.17. The van der Waals surface area contributed by atoms with Gasteiger partial charge in [0.25, 0.3) is 0 Å². The molecule has 0 amide bonds. The molecule has 0 spiro atoms. The van der Waals surface area contributed by atoms with Crippen molar-refractivity contribution < 1.29 is 4.74 Å². The van der Waals surface area contributed by atoms with Gasteiger partial charge in [-0.3, -0.25) is 0 Å². The predicted octanol–water partition coefficient (Wildman–Crippen LogP) is 2.59. The summed E-state index contributed by atoms with van der Waals surface area (Å²) in [5, 5.41) is 0. The second-order valence-electron chi connectivity index (χ2n) is 3.06. The van der Waals surface area contributed by atoms with Crippen LogP contribution in [0.1, 0.15) is 6.42 Å². The van der Waals surface area contributed by atoms with Crippen LogP contribution in [0.5, 0.6) is 0 Å². The van der Waals surface area contributed by atoms with Crippen molar-refractivity contribution in [3.05, 3.63) is 47.8 Å². The summed E-state index contributed by atoms with van der Waals surface area (Å²) in [5.41, 5.74) is 1.39. The summed E-state index contributed by atoms with van der Waals surface area (Å²) >= 11 is 0. The zero-order valence-electron chi connectivity index (χ0n) is 7.16. The van der Waals surface area contributed by atoms with Gasteiger partial charge in [0.15, 0.2) is 0 Å². The predicted molar refractivity (Wildman–Crippen MR) is 49.6 cm³/mol. The molecular formula is C11H12O. The van der Waals surface area contributed by atoms with Gasteiger partial charge in [-0.15, -0.1) is 0 Å². The molecule has 0 aromatic heterocycles. The van der Waals surface area contributed by atoms with E-state index in [1.807, 2.05) is 0 Å². The third kappa shape index (κ3) is 1.22. The lowest BCUT2D eigenvalue weighted by Gasteiger charge is -2.21. The van der Waals surface area contributed by atoms with Gasteiger partial charge in [0.1, 0.15) is 0 Å². The third-order valence-corrected chi connectivity index (χ3v) is 2.32. The first-order valence-electron chi connectivity index (χ1n) is 4.20. The molecule has 0 N–H and O–H groups in total. The molecule has 1 unspecified atom stereocenters. The maximum atomic E-state index is 5.20. The van der Waals surface area contributed by atoms with Crippen molar-refractivity contribution in [1.29, 1.82) is 0 Å². The minimum absolute atomic E-state index is 0.537. The normalized spacial score (nSPS) is 25.9. The van der Waals surface area contributed by atoms with Crippen molar-refractivity contribution in [2.75, 3.05) is 7.11 Å². The maximum Gasteiger partial charge on any atom is 0.0964 e. The molecule has 62 valence electrons. The number of ether oxygens (including phenoxy) is 1. The Balaban J connectivity index is 2.25. The van der Waals surface area contributed by atoms with Gasteiger partial charge in [0.05, 0.1) is 12.9 Å². The number of methoxy groups -OCH3 is 1. The smallest absolute Gasteiger partial charge is 0.0964 e. The Morgan fingerprint density at radius 1 is 1.33 bits per heavy atom. The van der Waals surface area contributed by atoms with Crippen LogP contribution in [0, 0.1) is 5.92 Å². The molecule has 0 saturated carbocycles. The van der Waals surface area contributed by atoms with Crippen LogP contribution in [0.15, 0.2) is 47.8 Å². The first-order chi connectivity index (χ1) is 5.90. The van der Waals surface area contributed by atoms with Crippen LogP contribution in [0.25, 0.3) is 0 Å². The zero-order chi connectivity index (χ0) is 8.39. The lowest BCUT2D eigenvalue weighted by molar-refractivity contribution is 0.269. The van der Waals surface area contributed by atoms with Gasteiger partial charge < -0.3 is 4.74 Å². The minimum atomic E-state index is 0.537. The Kier molecular flexibility index (Phi) is 1.86. The zero-order valence-corrected chi connectivity index (χ0v) is 7.16. The average molecular weight is 160 g/mol. The monoisotopic (exact) mass is 160 g/mol. The van der Waals surface area contributed by atoms with Crippen LogP contribution in [0.2, 0.25) is 0 Å². The van der Waals surface area contributed by atoms with E-state index >= 15 is 0 Å². The van der Waals surface area contributed by atoms with Crippen molar-refractivity contribution >= 4 is 0 Å². The van der Waals surface area contributed by atoms with E-state index in [1.54, 1.807) is 7.11 Å². The number of allylic oxidation sites excluding steroid dienone is 8. The first kappa shape index (κ1) is 7.41. The minimum Gasteiger partial charge on any atom is -0.501 e. The van der Waals surface area contributed by atoms with E-state index in [0.29, 0.717) is 5.92 Å². The van der Waals surface area contributed by atoms with Crippen LogP contribution in [0.4, 0.5) is 0 Å². The van der Waals surface area contributed by atoms with Crippen molar-refractivity contribution in [2.24, 2.45) is 5.92 Å². The molecule has 2 aliphatic carbocycles. The SMILES string of the molecule is COC1=CC=C2C=CC=CC2C1. The van der Waals surface area contributed by atoms with Crippen LogP contribution in [-0.2, 0) is 4.74 Å². The Bertz CT molecular complexity index is 292. The fourth-order valence-corrected chi connectivity index (χ4v) is 1.59. The second-order valence-corrected chi connectivity index (χ2v) is 3.06. The molecule has 0 saturated heterocycles. The largest absolute Gasteiger partial charge is 0.501 e. The fraction of sp³-hybridized carbons (Fsp3) is 0.273. The van der Waals surface area contributed by atoms with Crippen molar-refractivity contribution in [1.82, 2.24) is 0 Å². The highest BCUT2D eigenvalue weighted by Crippen LogP contribution is 2.29. The number of rotatable bonds is 1. The van der Waals surface area contributed by atoms with Gasteiger partial charge >= 0.3 is 0 Å². The van der Waals surface area contributed by atoms with Crippen LogP contribution >= 0.6 is 0 Å². The molecule has 2 aliphatic rings. The Morgan fingerprint density at radius 3 is 3.08 bits per heavy atom. The molecule has 1 heteroatoms. The van der Waals surface area contributed by atoms with E-state index in [4.69, 9.17) is 4.74 Å². The molecule has 0 radical (unpaired) electrons. The van der Waals surface area contributed by atoms with E-state index in [2.05, 4.69) is 36.5 Å². The summed E-state index contributed by atoms with van der Waals surface area (Å²) in [7, 11) is 1.73. The van der Waals surface area contributed by atoms with Crippen molar-refractivity contribution in [2.45, 2.75) is 6.42 Å². The van der Waals surface area contributed by atoms with E-state index in [0.717, 1.165) is 12.2 Å². The topological polar surface area (TPSA) is 9.23 Å². The highest BCUT2D eigenvalue weighted by molar-refractivity contribution is 5.39. The molecule has 2 rings (SSSR count). The van der Waals surface area contributed by atoms with Crippen LogP contribution in [0.3, 0.4) is 0 Å². The number of fused-ring (bicyclic) bond motifs is 1. The fourth-order valence-electron chi connectivity index (χ4n) is 1.59. The summed E-state index contributed by atoms with van der Waals surface area (Å²) in [6, 6.07) is 0. The molecule has 1 atom stereocenters. The van der Waals surface area contributed by atoms with Gasteiger partial charge in [-0.25, -0.2) is 0 Å². The van der Waals surface area contributed by atoms with Crippen LogP contribution in [-0.4, -0.2) is 7.11 Å². The van der Waals surface area contributed by atoms with E-state index < -0.39 is 0 Å². The van der Waals surface area contributed by atoms with E-state index in [-0.39, 0.29) is 0 Å². The highest BCUT2D eigenvalue weighted by atomic mass is 16.5. The standard InChI is InChI=1S/C11H12O/c1-12-11-7-6-9-4-2-3-5-10(9)8-11/h2-7,10H,8H2,1H3. The molecule has 0 bridgehead atoms. The Labute approximate surface area is 72.7 Å². The molecule has 0 heterocycles. The van der Waals surface area contributed by atoms with Gasteiger partial charge in [-0.1, -0.05) is 30.4 Å². The number of hydrogen-bond acceptors (Lipinski definition) is 1. The lowest BCUT2D eigenvalue weighted by Crippen LogP contribution is -2.07. The van der Waals surface area contributed by atoms with Gasteiger partial charge in [0.2, 0.25) is 0 Å². The Morgan fingerprint density at radius 2 is 2.25 bits per heavy atom. The van der Waals surface area contributed by atoms with Gasteiger partial charge in [-0.2, -0.15) is 0 Å². The third-order valence-electron chi connectivity index (χ3n) is 2.32. The number of hydrogen-bond donors (Lipinski definition) is 0. The summed E-state index contributed by atoms with van der Waals surface area (Å²) in [6.07, 6.45) is 13.7. The summed E-state index contributed by atoms with van der Waals surface area (Å²) in [5.74, 6) is 1.61. The lowest BCUT2D eigenvalue weighted by atomic mass is 9.87. The van der Waals surface area contributed by atoms with E-state index in [1.165, 1.54) is 5.57 Å². The summed E-state index contributed by atoms with van der Waals surface area (Å²) in [4.78, 5) is 0. The highest BCUT2D eigenvalue weighted by Gasteiger charge is 2.16. The first-order valence-corrected chi connectivity index (χ1v) is 4.20. The molecule has 0 aromatic carbocycles. The summed E-state index contributed by atoms with van der Waals surface area (Å²) in [6.45, 7) is 0. The Hall–Kier alpha value is -1.24. The van der Waals surface area contributed by atoms with Gasteiger partial charge in [0, 0.05) is 12.3 Å². The quantitative estimate of drug-likeness (QED) is 0.573. The van der Waals surface area contributed by atoms with Crippen LogP contribution < -0.4 is 0 Å². The maximum absolute atomic E-state index is 5.20. The molecule has 1 nitrogen and oxygen atoms in total. The molecule has 0 fully saturated rings. The molecule has 0 aliphatic heterocycles. The van der Waals surface area contributed by atoms with Crippen molar-refractivity contribution in [3.63, 3.8) is 0 Å².